The van der Waals surface area contributed by atoms with E-state index in [-0.39, 0.29) is 11.3 Å². The molecule has 4 N–H and O–H groups in total. The van der Waals surface area contributed by atoms with Crippen LogP contribution in [0.5, 0.6) is 5.75 Å². The molecule has 4 nitrogen and oxygen atoms in total. The van der Waals surface area contributed by atoms with E-state index in [0.29, 0.717) is 10.8 Å². The summed E-state index contributed by atoms with van der Waals surface area (Å²) in [6, 6.07) is 2.85. The first kappa shape index (κ1) is 9.67. The first-order valence-corrected chi connectivity index (χ1v) is 3.87. The Morgan fingerprint density at radius 1 is 1.54 bits per heavy atom. The maximum atomic E-state index is 10.8. The third-order valence-corrected chi connectivity index (χ3v) is 1.88. The van der Waals surface area contributed by atoms with Gasteiger partial charge < -0.3 is 16.2 Å². The highest BCUT2D eigenvalue weighted by molar-refractivity contribution is 6.32. The van der Waals surface area contributed by atoms with Gasteiger partial charge in [0.2, 0.25) is 0 Å². The van der Waals surface area contributed by atoms with Gasteiger partial charge in [-0.25, -0.2) is 0 Å². The van der Waals surface area contributed by atoms with E-state index in [2.05, 4.69) is 0 Å². The number of hydrogen-bond donors (Lipinski definition) is 2. The number of halogens is 1. The van der Waals surface area contributed by atoms with Gasteiger partial charge in [-0.1, -0.05) is 11.6 Å². The molecule has 0 heterocycles. The summed E-state index contributed by atoms with van der Waals surface area (Å²) in [7, 11) is 1.45. The molecule has 0 atom stereocenters. The van der Waals surface area contributed by atoms with Gasteiger partial charge in [0.15, 0.2) is 0 Å². The number of anilines is 1. The van der Waals surface area contributed by atoms with Gasteiger partial charge in [-0.15, -0.1) is 0 Å². The largest absolute Gasteiger partial charge is 0.495 e. The van der Waals surface area contributed by atoms with Crippen molar-refractivity contribution in [3.05, 3.63) is 22.7 Å². The quantitative estimate of drug-likeness (QED) is 0.700. The average Bonchev–Trinajstić information content (AvgIpc) is 2.03. The summed E-state index contributed by atoms with van der Waals surface area (Å²) in [5, 5.41) is 0.352. The van der Waals surface area contributed by atoms with Crippen LogP contribution in [0.1, 0.15) is 10.4 Å². The number of rotatable bonds is 2. The Morgan fingerprint density at radius 3 is 2.62 bits per heavy atom. The molecule has 0 spiro atoms. The van der Waals surface area contributed by atoms with Crippen molar-refractivity contribution in [1.82, 2.24) is 0 Å². The van der Waals surface area contributed by atoms with Crippen molar-refractivity contribution < 1.29 is 9.53 Å². The fraction of sp³-hybridized carbons (Fsp3) is 0.125. The molecule has 1 amide bonds. The van der Waals surface area contributed by atoms with E-state index < -0.39 is 5.91 Å². The monoisotopic (exact) mass is 200 g/mol. The van der Waals surface area contributed by atoms with E-state index in [1.54, 1.807) is 0 Å². The van der Waals surface area contributed by atoms with E-state index in [9.17, 15) is 4.79 Å². The molecular weight excluding hydrogens is 192 g/mol. The Bertz CT molecular complexity index is 352. The third kappa shape index (κ3) is 1.84. The first-order chi connectivity index (χ1) is 6.06. The molecule has 0 fully saturated rings. The minimum absolute atomic E-state index is 0.209. The van der Waals surface area contributed by atoms with Crippen LogP contribution in [0, 0.1) is 0 Å². The molecule has 0 radical (unpaired) electrons. The summed E-state index contributed by atoms with van der Waals surface area (Å²) in [5.41, 5.74) is 11.0. The van der Waals surface area contributed by atoms with Gasteiger partial charge in [-0.05, 0) is 12.1 Å². The number of nitrogens with two attached hydrogens (primary N) is 2. The van der Waals surface area contributed by atoms with Gasteiger partial charge in [0.1, 0.15) is 5.75 Å². The summed E-state index contributed by atoms with van der Waals surface area (Å²) in [6.07, 6.45) is 0. The second-order valence-corrected chi connectivity index (χ2v) is 2.85. The van der Waals surface area contributed by atoms with Crippen molar-refractivity contribution in [2.24, 2.45) is 5.73 Å². The number of ether oxygens (including phenoxy) is 1. The van der Waals surface area contributed by atoms with E-state index in [1.165, 1.54) is 19.2 Å². The molecule has 13 heavy (non-hydrogen) atoms. The molecule has 0 aliphatic carbocycles. The first-order valence-electron chi connectivity index (χ1n) is 3.49. The zero-order valence-electron chi connectivity index (χ0n) is 7.00. The molecule has 0 aliphatic heterocycles. The maximum absolute atomic E-state index is 10.8. The Balaban J connectivity index is 3.30. The highest BCUT2D eigenvalue weighted by Gasteiger charge is 2.10. The zero-order chi connectivity index (χ0) is 10.0. The Morgan fingerprint density at radius 2 is 2.15 bits per heavy atom. The van der Waals surface area contributed by atoms with Crippen LogP contribution in [0.4, 0.5) is 5.69 Å². The van der Waals surface area contributed by atoms with E-state index in [0.717, 1.165) is 0 Å². The van der Waals surface area contributed by atoms with Crippen molar-refractivity contribution in [2.75, 3.05) is 12.8 Å². The van der Waals surface area contributed by atoms with Crippen molar-refractivity contribution >= 4 is 23.2 Å². The highest BCUT2D eigenvalue weighted by Crippen LogP contribution is 2.29. The standard InChI is InChI=1S/C8H9ClN2O2/c1-13-7-2-4(8(11)12)6(10)3-5(7)9/h2-3H,10H2,1H3,(H2,11,12). The number of nitrogen functional groups attached to an aromatic ring is 1. The lowest BCUT2D eigenvalue weighted by Crippen LogP contribution is -2.13. The Hall–Kier alpha value is -1.42. The molecule has 1 rings (SSSR count). The van der Waals surface area contributed by atoms with E-state index in [4.69, 9.17) is 27.8 Å². The van der Waals surface area contributed by atoms with Crippen molar-refractivity contribution in [3.63, 3.8) is 0 Å². The fourth-order valence-corrected chi connectivity index (χ4v) is 1.19. The number of primary amides is 1. The Labute approximate surface area is 80.4 Å². The molecule has 0 saturated carbocycles. The Kier molecular flexibility index (Phi) is 2.63. The SMILES string of the molecule is COc1cc(C(N)=O)c(N)cc1Cl. The van der Waals surface area contributed by atoms with Crippen molar-refractivity contribution in [1.29, 1.82) is 0 Å². The van der Waals surface area contributed by atoms with Crippen LogP contribution in [0.3, 0.4) is 0 Å². The molecule has 1 aromatic rings. The van der Waals surface area contributed by atoms with Gasteiger partial charge in [0.05, 0.1) is 17.7 Å². The fourth-order valence-electron chi connectivity index (χ4n) is 0.939. The van der Waals surface area contributed by atoms with Crippen LogP contribution in [-0.4, -0.2) is 13.0 Å². The third-order valence-electron chi connectivity index (χ3n) is 1.59. The number of methoxy groups -OCH3 is 1. The minimum atomic E-state index is -0.604. The van der Waals surface area contributed by atoms with Gasteiger partial charge in [-0.2, -0.15) is 0 Å². The van der Waals surface area contributed by atoms with E-state index >= 15 is 0 Å². The number of amides is 1. The lowest BCUT2D eigenvalue weighted by molar-refractivity contribution is 0.100. The maximum Gasteiger partial charge on any atom is 0.250 e. The molecule has 5 heteroatoms. The second-order valence-electron chi connectivity index (χ2n) is 2.44. The van der Waals surface area contributed by atoms with Crippen LogP contribution in [0.25, 0.3) is 0 Å². The van der Waals surface area contributed by atoms with Crippen molar-refractivity contribution in [3.8, 4) is 5.75 Å². The summed E-state index contributed by atoms with van der Waals surface area (Å²) < 4.78 is 4.90. The van der Waals surface area contributed by atoms with Crippen LogP contribution < -0.4 is 16.2 Å². The summed E-state index contributed by atoms with van der Waals surface area (Å²) in [5.74, 6) is -0.225. The second kappa shape index (κ2) is 3.53. The summed E-state index contributed by atoms with van der Waals surface area (Å²) in [4.78, 5) is 10.8. The molecule has 1 aromatic carbocycles. The zero-order valence-corrected chi connectivity index (χ0v) is 7.76. The smallest absolute Gasteiger partial charge is 0.250 e. The lowest BCUT2D eigenvalue weighted by atomic mass is 10.1. The predicted octanol–water partition coefficient (Wildman–Crippen LogP) is 1.03. The van der Waals surface area contributed by atoms with Gasteiger partial charge in [0.25, 0.3) is 5.91 Å². The van der Waals surface area contributed by atoms with Crippen LogP contribution in [-0.2, 0) is 0 Å². The molecular formula is C8H9ClN2O2. The minimum Gasteiger partial charge on any atom is -0.495 e. The normalized spacial score (nSPS) is 9.69. The number of carbonyl (C=O) groups excluding carboxylic acids is 1. The van der Waals surface area contributed by atoms with Gasteiger partial charge >= 0.3 is 0 Å². The van der Waals surface area contributed by atoms with Gasteiger partial charge in [0, 0.05) is 5.69 Å². The molecule has 0 aromatic heterocycles. The summed E-state index contributed by atoms with van der Waals surface area (Å²) in [6.45, 7) is 0. The predicted molar refractivity (Wildman–Crippen MR) is 50.9 cm³/mol. The molecule has 0 saturated heterocycles. The number of carbonyl (C=O) groups is 1. The molecule has 0 bridgehead atoms. The topological polar surface area (TPSA) is 78.3 Å². The molecule has 0 aliphatic rings. The van der Waals surface area contributed by atoms with Crippen molar-refractivity contribution in [2.45, 2.75) is 0 Å². The summed E-state index contributed by atoms with van der Waals surface area (Å²) >= 11 is 5.75. The lowest BCUT2D eigenvalue weighted by Gasteiger charge is -2.06. The average molecular weight is 201 g/mol. The number of hydrogen-bond acceptors (Lipinski definition) is 3. The van der Waals surface area contributed by atoms with Crippen LogP contribution in [0.2, 0.25) is 5.02 Å². The van der Waals surface area contributed by atoms with Crippen LogP contribution >= 0.6 is 11.6 Å². The number of benzene rings is 1. The van der Waals surface area contributed by atoms with E-state index in [1.807, 2.05) is 0 Å². The highest BCUT2D eigenvalue weighted by atomic mass is 35.5. The van der Waals surface area contributed by atoms with Crippen LogP contribution in [0.15, 0.2) is 12.1 Å². The molecule has 0 unspecified atom stereocenters. The van der Waals surface area contributed by atoms with Gasteiger partial charge in [-0.3, -0.25) is 4.79 Å². The molecule has 70 valence electrons.